The van der Waals surface area contributed by atoms with E-state index in [1.807, 2.05) is 38.1 Å². The van der Waals surface area contributed by atoms with Crippen molar-refractivity contribution in [3.8, 4) is 17.2 Å². The van der Waals surface area contributed by atoms with E-state index in [0.717, 1.165) is 22.7 Å². The van der Waals surface area contributed by atoms with Crippen LogP contribution < -0.4 is 24.8 Å². The number of anilines is 1. The van der Waals surface area contributed by atoms with Crippen molar-refractivity contribution in [3.05, 3.63) is 47.0 Å². The van der Waals surface area contributed by atoms with Gasteiger partial charge in [-0.3, -0.25) is 0 Å². The molecular weight excluding hydrogens is 372 g/mol. The van der Waals surface area contributed by atoms with E-state index in [0.29, 0.717) is 35.6 Å². The summed E-state index contributed by atoms with van der Waals surface area (Å²) in [7, 11) is 1.58. The van der Waals surface area contributed by atoms with E-state index in [1.54, 1.807) is 19.2 Å². The van der Waals surface area contributed by atoms with Gasteiger partial charge in [0.15, 0.2) is 16.6 Å². The maximum atomic E-state index is 6.12. The molecule has 0 radical (unpaired) electrons. The molecule has 0 saturated carbocycles. The molecule has 2 rings (SSSR count). The van der Waals surface area contributed by atoms with E-state index < -0.39 is 0 Å². The van der Waals surface area contributed by atoms with E-state index in [9.17, 15) is 0 Å². The molecule has 0 aliphatic rings. The van der Waals surface area contributed by atoms with Crippen LogP contribution in [-0.2, 0) is 6.54 Å². The van der Waals surface area contributed by atoms with Gasteiger partial charge in [0.1, 0.15) is 5.75 Å². The first kappa shape index (κ1) is 20.1. The minimum atomic E-state index is 0.498. The van der Waals surface area contributed by atoms with Gasteiger partial charge in [-0.05, 0) is 62.0 Å². The molecule has 2 N–H and O–H groups in total. The molecule has 0 fully saturated rings. The van der Waals surface area contributed by atoms with E-state index in [1.165, 1.54) is 0 Å². The van der Waals surface area contributed by atoms with Crippen LogP contribution in [-0.4, -0.2) is 25.4 Å². The minimum absolute atomic E-state index is 0.498. The molecule has 140 valence electrons. The maximum Gasteiger partial charge on any atom is 0.171 e. The Morgan fingerprint density at radius 3 is 2.35 bits per heavy atom. The zero-order valence-corrected chi connectivity index (χ0v) is 16.7. The molecule has 0 unspecified atom stereocenters. The van der Waals surface area contributed by atoms with Gasteiger partial charge in [0.05, 0.1) is 25.3 Å². The number of ether oxygens (including phenoxy) is 3. The fraction of sp³-hybridized carbons (Fsp3) is 0.316. The predicted molar refractivity (Wildman–Crippen MR) is 110 cm³/mol. The Balaban J connectivity index is 1.96. The Morgan fingerprint density at radius 1 is 1.00 bits per heavy atom. The van der Waals surface area contributed by atoms with Gasteiger partial charge in [0, 0.05) is 12.2 Å². The first-order valence-corrected chi connectivity index (χ1v) is 9.12. The van der Waals surface area contributed by atoms with Crippen LogP contribution in [0.1, 0.15) is 19.4 Å². The van der Waals surface area contributed by atoms with E-state index in [4.69, 9.17) is 38.0 Å². The van der Waals surface area contributed by atoms with Crippen LogP contribution in [0.5, 0.6) is 17.2 Å². The van der Waals surface area contributed by atoms with Gasteiger partial charge in [-0.15, -0.1) is 0 Å². The van der Waals surface area contributed by atoms with Gasteiger partial charge < -0.3 is 24.8 Å². The Bertz CT molecular complexity index is 756. The minimum Gasteiger partial charge on any atom is -0.495 e. The number of rotatable bonds is 8. The summed E-state index contributed by atoms with van der Waals surface area (Å²) in [6, 6.07) is 11.2. The van der Waals surface area contributed by atoms with E-state index in [2.05, 4.69) is 10.6 Å². The third-order valence-electron chi connectivity index (χ3n) is 3.47. The van der Waals surface area contributed by atoms with Crippen LogP contribution in [0.15, 0.2) is 36.4 Å². The number of halogens is 1. The van der Waals surface area contributed by atoms with Crippen LogP contribution in [0.2, 0.25) is 5.02 Å². The Labute approximate surface area is 164 Å². The van der Waals surface area contributed by atoms with Crippen molar-refractivity contribution in [1.29, 1.82) is 0 Å². The number of hydrogen-bond donors (Lipinski definition) is 2. The zero-order chi connectivity index (χ0) is 18.9. The topological polar surface area (TPSA) is 51.8 Å². The van der Waals surface area contributed by atoms with Crippen molar-refractivity contribution < 1.29 is 14.2 Å². The molecule has 5 nitrogen and oxygen atoms in total. The summed E-state index contributed by atoms with van der Waals surface area (Å²) in [5.41, 5.74) is 1.82. The molecule has 0 heterocycles. The van der Waals surface area contributed by atoms with Gasteiger partial charge in [-0.2, -0.15) is 0 Å². The van der Waals surface area contributed by atoms with Crippen molar-refractivity contribution in [1.82, 2.24) is 5.32 Å². The molecule has 7 heteroatoms. The second kappa shape index (κ2) is 10.1. The molecule has 0 aliphatic carbocycles. The van der Waals surface area contributed by atoms with Crippen molar-refractivity contribution in [2.24, 2.45) is 0 Å². The van der Waals surface area contributed by atoms with Gasteiger partial charge in [0.25, 0.3) is 0 Å². The average molecular weight is 395 g/mol. The fourth-order valence-electron chi connectivity index (χ4n) is 2.31. The summed E-state index contributed by atoms with van der Waals surface area (Å²) in [5.74, 6) is 2.09. The molecule has 26 heavy (non-hydrogen) atoms. The lowest BCUT2D eigenvalue weighted by molar-refractivity contribution is 0.287. The SMILES string of the molecule is CCOc1ccc(CNC(=S)Nc2ccc(OC)c(Cl)c2)cc1OCC. The quantitative estimate of drug-likeness (QED) is 0.636. The third kappa shape index (κ3) is 5.68. The van der Waals surface area contributed by atoms with Crippen molar-refractivity contribution in [3.63, 3.8) is 0 Å². The second-order valence-corrected chi connectivity index (χ2v) is 6.12. The smallest absolute Gasteiger partial charge is 0.171 e. The summed E-state index contributed by atoms with van der Waals surface area (Å²) in [5, 5.41) is 7.29. The Kier molecular flexibility index (Phi) is 7.81. The first-order chi connectivity index (χ1) is 12.6. The molecule has 0 amide bonds. The van der Waals surface area contributed by atoms with E-state index in [-0.39, 0.29) is 0 Å². The van der Waals surface area contributed by atoms with Crippen molar-refractivity contribution >= 4 is 34.6 Å². The molecule has 0 atom stereocenters. The number of hydrogen-bond acceptors (Lipinski definition) is 4. The number of nitrogens with one attached hydrogen (secondary N) is 2. The summed E-state index contributed by atoms with van der Waals surface area (Å²) < 4.78 is 16.4. The summed E-state index contributed by atoms with van der Waals surface area (Å²) in [4.78, 5) is 0. The molecule has 0 aliphatic heterocycles. The lowest BCUT2D eigenvalue weighted by Gasteiger charge is -2.14. The molecule has 0 saturated heterocycles. The van der Waals surface area contributed by atoms with Crippen LogP contribution in [0.4, 0.5) is 5.69 Å². The number of benzene rings is 2. The predicted octanol–water partition coefficient (Wildman–Crippen LogP) is 4.63. The number of thiocarbonyl (C=S) groups is 1. The molecule has 0 aromatic heterocycles. The second-order valence-electron chi connectivity index (χ2n) is 5.30. The normalized spacial score (nSPS) is 10.2. The standard InChI is InChI=1S/C19H23ClN2O3S/c1-4-24-17-8-6-13(10-18(17)25-5-2)12-21-19(26)22-14-7-9-16(23-3)15(20)11-14/h6-11H,4-5,12H2,1-3H3,(H2,21,22,26). The van der Waals surface area contributed by atoms with Crippen LogP contribution in [0.25, 0.3) is 0 Å². The van der Waals surface area contributed by atoms with Gasteiger partial charge in [-0.25, -0.2) is 0 Å². The van der Waals surface area contributed by atoms with E-state index >= 15 is 0 Å². The fourth-order valence-corrected chi connectivity index (χ4v) is 2.75. The highest BCUT2D eigenvalue weighted by molar-refractivity contribution is 7.80. The summed E-state index contributed by atoms with van der Waals surface area (Å²) in [6.07, 6.45) is 0. The Morgan fingerprint density at radius 2 is 1.69 bits per heavy atom. The highest BCUT2D eigenvalue weighted by Gasteiger charge is 2.07. The monoisotopic (exact) mass is 394 g/mol. The molecule has 0 spiro atoms. The van der Waals surface area contributed by atoms with Crippen LogP contribution in [0, 0.1) is 0 Å². The van der Waals surface area contributed by atoms with Crippen LogP contribution in [0.3, 0.4) is 0 Å². The largest absolute Gasteiger partial charge is 0.495 e. The highest BCUT2D eigenvalue weighted by atomic mass is 35.5. The van der Waals surface area contributed by atoms with Gasteiger partial charge >= 0.3 is 0 Å². The van der Waals surface area contributed by atoms with Gasteiger partial charge in [-0.1, -0.05) is 17.7 Å². The molecule has 0 bridgehead atoms. The molecular formula is C19H23ClN2O3S. The maximum absolute atomic E-state index is 6.12. The molecule has 2 aromatic rings. The van der Waals surface area contributed by atoms with Crippen molar-refractivity contribution in [2.45, 2.75) is 20.4 Å². The van der Waals surface area contributed by atoms with Crippen LogP contribution >= 0.6 is 23.8 Å². The summed E-state index contributed by atoms with van der Waals surface area (Å²) >= 11 is 11.5. The Hall–Kier alpha value is -2.18. The molecule has 2 aromatic carbocycles. The highest BCUT2D eigenvalue weighted by Crippen LogP contribution is 2.29. The summed E-state index contributed by atoms with van der Waals surface area (Å²) in [6.45, 7) is 5.62. The zero-order valence-electron chi connectivity index (χ0n) is 15.1. The number of methoxy groups -OCH3 is 1. The first-order valence-electron chi connectivity index (χ1n) is 8.34. The van der Waals surface area contributed by atoms with Gasteiger partial charge in [0.2, 0.25) is 0 Å². The lowest BCUT2D eigenvalue weighted by Crippen LogP contribution is -2.27. The third-order valence-corrected chi connectivity index (χ3v) is 4.01. The average Bonchev–Trinajstić information content (AvgIpc) is 2.62. The van der Waals surface area contributed by atoms with Crippen molar-refractivity contribution in [2.75, 3.05) is 25.6 Å². The lowest BCUT2D eigenvalue weighted by atomic mass is 10.2.